The number of aryl methyl sites for hydroxylation is 1. The highest BCUT2D eigenvalue weighted by Gasteiger charge is 2.54. The highest BCUT2D eigenvalue weighted by atomic mass is 16.6. The van der Waals surface area contributed by atoms with Gasteiger partial charge in [0.2, 0.25) is 5.60 Å². The summed E-state index contributed by atoms with van der Waals surface area (Å²) in [6.07, 6.45) is 0.318. The topological polar surface area (TPSA) is 96.5 Å². The summed E-state index contributed by atoms with van der Waals surface area (Å²) in [4.78, 5) is 34.5. The number of urea groups is 1. The van der Waals surface area contributed by atoms with Crippen LogP contribution < -0.4 is 16.0 Å². The molecule has 3 N–H and O–H groups in total. The SMILES string of the molecule is CNC(=O)Nc1ccc2c(c1)CC[C@]21OC(=O)NC1=O. The summed E-state index contributed by atoms with van der Waals surface area (Å²) in [7, 11) is 1.53. The summed E-state index contributed by atoms with van der Waals surface area (Å²) in [6.45, 7) is 0. The molecule has 1 spiro atoms. The standard InChI is InChI=1S/C13H13N3O4/c1-14-11(18)15-8-2-3-9-7(6-8)4-5-13(9)10(17)16-12(19)20-13/h2-3,6H,4-5H2,1H3,(H2,14,15,18)(H,16,17,19)/t13-/m0/s1. The number of anilines is 1. The smallest absolute Gasteiger partial charge is 0.415 e. The van der Waals surface area contributed by atoms with E-state index in [0.717, 1.165) is 5.56 Å². The van der Waals surface area contributed by atoms with Crippen LogP contribution in [0.1, 0.15) is 17.5 Å². The lowest BCUT2D eigenvalue weighted by atomic mass is 9.95. The fourth-order valence-electron chi connectivity index (χ4n) is 2.68. The second-order valence-electron chi connectivity index (χ2n) is 4.75. The highest BCUT2D eigenvalue weighted by molar-refractivity contribution is 6.04. The lowest BCUT2D eigenvalue weighted by molar-refractivity contribution is -0.131. The molecule has 4 amide bonds. The first-order valence-electron chi connectivity index (χ1n) is 6.22. The van der Waals surface area contributed by atoms with E-state index in [-0.39, 0.29) is 6.03 Å². The first kappa shape index (κ1) is 12.5. The maximum absolute atomic E-state index is 11.9. The summed E-state index contributed by atoms with van der Waals surface area (Å²) >= 11 is 0. The van der Waals surface area contributed by atoms with E-state index in [4.69, 9.17) is 4.74 Å². The van der Waals surface area contributed by atoms with Crippen molar-refractivity contribution in [1.82, 2.24) is 10.6 Å². The first-order chi connectivity index (χ1) is 9.55. The molecular weight excluding hydrogens is 262 g/mol. The Morgan fingerprint density at radius 1 is 1.40 bits per heavy atom. The number of carbonyl (C=O) groups is 3. The number of amides is 4. The Kier molecular flexibility index (Phi) is 2.63. The lowest BCUT2D eigenvalue weighted by Gasteiger charge is -2.19. The number of carbonyl (C=O) groups excluding carboxylic acids is 3. The molecular formula is C13H13N3O4. The van der Waals surface area contributed by atoms with Crippen LogP contribution in [0.3, 0.4) is 0 Å². The van der Waals surface area contributed by atoms with Crippen LogP contribution in [0.2, 0.25) is 0 Å². The van der Waals surface area contributed by atoms with Crippen molar-refractivity contribution in [3.05, 3.63) is 29.3 Å². The molecule has 0 bridgehead atoms. The number of benzene rings is 1. The van der Waals surface area contributed by atoms with Crippen LogP contribution in [-0.2, 0) is 21.6 Å². The first-order valence-corrected chi connectivity index (χ1v) is 6.22. The molecule has 1 aliphatic heterocycles. The molecule has 0 unspecified atom stereocenters. The Balaban J connectivity index is 1.94. The van der Waals surface area contributed by atoms with E-state index in [1.165, 1.54) is 7.05 Å². The van der Waals surface area contributed by atoms with Crippen LogP contribution in [0, 0.1) is 0 Å². The maximum Gasteiger partial charge on any atom is 0.415 e. The van der Waals surface area contributed by atoms with Gasteiger partial charge in [0.1, 0.15) is 0 Å². The number of alkyl carbamates (subject to hydrolysis) is 1. The van der Waals surface area contributed by atoms with Crippen molar-refractivity contribution in [3.8, 4) is 0 Å². The number of ether oxygens (including phenoxy) is 1. The molecule has 3 rings (SSSR count). The molecule has 104 valence electrons. The van der Waals surface area contributed by atoms with Crippen molar-refractivity contribution in [2.24, 2.45) is 0 Å². The van der Waals surface area contributed by atoms with Gasteiger partial charge in [-0.15, -0.1) is 0 Å². The number of rotatable bonds is 1. The second kappa shape index (κ2) is 4.22. The summed E-state index contributed by atoms with van der Waals surface area (Å²) in [5.74, 6) is -0.423. The van der Waals surface area contributed by atoms with Gasteiger partial charge in [-0.3, -0.25) is 10.1 Å². The van der Waals surface area contributed by atoms with Gasteiger partial charge in [-0.25, -0.2) is 9.59 Å². The van der Waals surface area contributed by atoms with Gasteiger partial charge < -0.3 is 15.4 Å². The molecule has 0 radical (unpaired) electrons. The third-order valence-electron chi connectivity index (χ3n) is 3.62. The van der Waals surface area contributed by atoms with Crippen molar-refractivity contribution >= 4 is 23.7 Å². The second-order valence-corrected chi connectivity index (χ2v) is 4.75. The molecule has 1 aromatic carbocycles. The third kappa shape index (κ3) is 1.70. The Labute approximate surface area is 114 Å². The van der Waals surface area contributed by atoms with Gasteiger partial charge >= 0.3 is 12.1 Å². The Hall–Kier alpha value is -2.57. The molecule has 1 atom stereocenters. The van der Waals surface area contributed by atoms with Crippen LogP contribution in [0.15, 0.2) is 18.2 Å². The van der Waals surface area contributed by atoms with Gasteiger partial charge in [-0.1, -0.05) is 6.07 Å². The summed E-state index contributed by atoms with van der Waals surface area (Å²) in [5, 5.41) is 7.29. The predicted molar refractivity (Wildman–Crippen MR) is 69.1 cm³/mol. The van der Waals surface area contributed by atoms with Crippen LogP contribution in [0.4, 0.5) is 15.3 Å². The molecule has 1 aliphatic carbocycles. The molecule has 0 aromatic heterocycles. The zero-order valence-corrected chi connectivity index (χ0v) is 10.8. The highest BCUT2D eigenvalue weighted by Crippen LogP contribution is 2.43. The molecule has 20 heavy (non-hydrogen) atoms. The number of hydrogen-bond donors (Lipinski definition) is 3. The van der Waals surface area contributed by atoms with E-state index in [2.05, 4.69) is 16.0 Å². The number of hydrogen-bond acceptors (Lipinski definition) is 4. The Morgan fingerprint density at radius 2 is 2.20 bits per heavy atom. The largest absolute Gasteiger partial charge is 0.427 e. The fourth-order valence-corrected chi connectivity index (χ4v) is 2.68. The van der Waals surface area contributed by atoms with Crippen molar-refractivity contribution in [3.63, 3.8) is 0 Å². The molecule has 1 aromatic rings. The maximum atomic E-state index is 11.9. The van der Waals surface area contributed by atoms with Crippen LogP contribution in [-0.4, -0.2) is 25.1 Å². The van der Waals surface area contributed by atoms with E-state index in [1.54, 1.807) is 18.2 Å². The summed E-state index contributed by atoms with van der Waals surface area (Å²) in [6, 6.07) is 4.87. The van der Waals surface area contributed by atoms with Gasteiger partial charge in [-0.2, -0.15) is 0 Å². The van der Waals surface area contributed by atoms with E-state index < -0.39 is 17.6 Å². The van der Waals surface area contributed by atoms with Crippen LogP contribution in [0.25, 0.3) is 0 Å². The minimum atomic E-state index is -1.20. The van der Waals surface area contributed by atoms with Crippen molar-refractivity contribution in [2.75, 3.05) is 12.4 Å². The average Bonchev–Trinajstić information content (AvgIpc) is 2.91. The molecule has 2 aliphatic rings. The molecule has 1 heterocycles. The van der Waals surface area contributed by atoms with E-state index in [0.29, 0.717) is 24.1 Å². The van der Waals surface area contributed by atoms with Gasteiger partial charge in [0, 0.05) is 24.7 Å². The third-order valence-corrected chi connectivity index (χ3v) is 3.62. The summed E-state index contributed by atoms with van der Waals surface area (Å²) < 4.78 is 5.19. The molecule has 7 nitrogen and oxygen atoms in total. The van der Waals surface area contributed by atoms with Gasteiger partial charge in [0.25, 0.3) is 5.91 Å². The zero-order chi connectivity index (χ0) is 14.3. The fraction of sp³-hybridized carbons (Fsp3) is 0.308. The number of fused-ring (bicyclic) bond motifs is 2. The van der Waals surface area contributed by atoms with Gasteiger partial charge in [0.05, 0.1) is 0 Å². The lowest BCUT2D eigenvalue weighted by Crippen LogP contribution is -2.34. The molecule has 1 saturated heterocycles. The monoisotopic (exact) mass is 275 g/mol. The molecule has 1 fully saturated rings. The number of nitrogens with one attached hydrogen (secondary N) is 3. The van der Waals surface area contributed by atoms with E-state index in [9.17, 15) is 14.4 Å². The van der Waals surface area contributed by atoms with Crippen molar-refractivity contribution < 1.29 is 19.1 Å². The average molecular weight is 275 g/mol. The Morgan fingerprint density at radius 3 is 2.85 bits per heavy atom. The molecule has 7 heteroatoms. The van der Waals surface area contributed by atoms with Crippen LogP contribution >= 0.6 is 0 Å². The quantitative estimate of drug-likeness (QED) is 0.707. The van der Waals surface area contributed by atoms with Crippen molar-refractivity contribution in [2.45, 2.75) is 18.4 Å². The van der Waals surface area contributed by atoms with Crippen molar-refractivity contribution in [1.29, 1.82) is 0 Å². The van der Waals surface area contributed by atoms with Gasteiger partial charge in [-0.05, 0) is 24.1 Å². The summed E-state index contributed by atoms with van der Waals surface area (Å²) in [5.41, 5.74) is 1.01. The molecule has 0 saturated carbocycles. The minimum Gasteiger partial charge on any atom is -0.427 e. The van der Waals surface area contributed by atoms with Crippen LogP contribution in [0.5, 0.6) is 0 Å². The minimum absolute atomic E-state index is 0.317. The van der Waals surface area contributed by atoms with E-state index in [1.807, 2.05) is 0 Å². The van der Waals surface area contributed by atoms with E-state index >= 15 is 0 Å². The van der Waals surface area contributed by atoms with Gasteiger partial charge in [0.15, 0.2) is 0 Å². The zero-order valence-electron chi connectivity index (χ0n) is 10.8. The number of imide groups is 1. The normalized spacial score (nSPS) is 23.2. The Bertz CT molecular complexity index is 628. The predicted octanol–water partition coefficient (Wildman–Crippen LogP) is 0.846.